The lowest BCUT2D eigenvalue weighted by Crippen LogP contribution is -2.46. The van der Waals surface area contributed by atoms with Gasteiger partial charge in [-0.05, 0) is 74.1 Å². The Bertz CT molecular complexity index is 1260. The predicted molar refractivity (Wildman–Crippen MR) is 143 cm³/mol. The Morgan fingerprint density at radius 2 is 1.61 bits per heavy atom. The lowest BCUT2D eigenvalue weighted by Gasteiger charge is -2.34. The van der Waals surface area contributed by atoms with Crippen LogP contribution >= 0.6 is 11.6 Å². The molecule has 3 aromatic carbocycles. The zero-order valence-corrected chi connectivity index (χ0v) is 21.9. The van der Waals surface area contributed by atoms with Crippen molar-refractivity contribution in [2.75, 3.05) is 30.5 Å². The second kappa shape index (κ2) is 11.8. The molecule has 3 aromatic rings. The summed E-state index contributed by atoms with van der Waals surface area (Å²) in [6.07, 6.45) is 2.77. The summed E-state index contributed by atoms with van der Waals surface area (Å²) in [6.45, 7) is 3.11. The summed E-state index contributed by atoms with van der Waals surface area (Å²) in [4.78, 5) is 15.2. The number of anilines is 1. The number of rotatable bonds is 9. The number of carbonyl (C=O) groups is 1. The number of carbonyl (C=O) groups excluding carboxylic acids is 1. The van der Waals surface area contributed by atoms with Crippen LogP contribution in [0.2, 0.25) is 5.02 Å². The van der Waals surface area contributed by atoms with E-state index < -0.39 is 10.0 Å². The molecule has 8 heteroatoms. The van der Waals surface area contributed by atoms with Crippen molar-refractivity contribution in [3.8, 4) is 5.75 Å². The fourth-order valence-corrected chi connectivity index (χ4v) is 6.08. The smallest absolute Gasteiger partial charge is 0.264 e. The number of nitrogens with zero attached hydrogens (tertiary/aromatic N) is 2. The Morgan fingerprint density at radius 3 is 2.28 bits per heavy atom. The van der Waals surface area contributed by atoms with Crippen molar-refractivity contribution >= 4 is 33.2 Å². The van der Waals surface area contributed by atoms with E-state index >= 15 is 0 Å². The van der Waals surface area contributed by atoms with Gasteiger partial charge in [-0.25, -0.2) is 8.42 Å². The van der Waals surface area contributed by atoms with Crippen molar-refractivity contribution in [1.82, 2.24) is 4.90 Å². The normalized spacial score (nSPS) is 14.4. The van der Waals surface area contributed by atoms with Gasteiger partial charge in [-0.15, -0.1) is 0 Å². The maximum atomic E-state index is 13.7. The highest BCUT2D eigenvalue weighted by Crippen LogP contribution is 2.33. The van der Waals surface area contributed by atoms with Gasteiger partial charge in [0.2, 0.25) is 5.91 Å². The third-order valence-electron chi connectivity index (χ3n) is 6.45. The lowest BCUT2D eigenvalue weighted by molar-refractivity contribution is -0.130. The maximum Gasteiger partial charge on any atom is 0.264 e. The molecular formula is C28H31ClN2O4S. The molecule has 1 saturated heterocycles. The van der Waals surface area contributed by atoms with Crippen LogP contribution in [0.5, 0.6) is 5.75 Å². The molecule has 0 saturated carbocycles. The van der Waals surface area contributed by atoms with Gasteiger partial charge in [0.1, 0.15) is 12.3 Å². The first-order chi connectivity index (χ1) is 17.4. The Morgan fingerprint density at radius 1 is 0.972 bits per heavy atom. The molecular weight excluding hydrogens is 496 g/mol. The number of piperidine rings is 1. The summed E-state index contributed by atoms with van der Waals surface area (Å²) in [5, 5.41) is 0.435. The lowest BCUT2D eigenvalue weighted by atomic mass is 9.90. The number of sulfonamides is 1. The zero-order chi connectivity index (χ0) is 25.5. The molecule has 1 heterocycles. The van der Waals surface area contributed by atoms with Crippen LogP contribution in [0.25, 0.3) is 0 Å². The van der Waals surface area contributed by atoms with Gasteiger partial charge < -0.3 is 9.64 Å². The third-order valence-corrected chi connectivity index (χ3v) is 8.47. The van der Waals surface area contributed by atoms with Crippen molar-refractivity contribution < 1.29 is 17.9 Å². The summed E-state index contributed by atoms with van der Waals surface area (Å²) in [7, 11) is -4.05. The highest BCUT2D eigenvalue weighted by atomic mass is 35.5. The van der Waals surface area contributed by atoms with E-state index in [0.717, 1.165) is 23.6 Å². The van der Waals surface area contributed by atoms with E-state index in [9.17, 15) is 13.2 Å². The summed E-state index contributed by atoms with van der Waals surface area (Å²) >= 11 is 5.98. The first-order valence-corrected chi connectivity index (χ1v) is 14.0. The Kier molecular flexibility index (Phi) is 8.54. The van der Waals surface area contributed by atoms with Crippen LogP contribution in [-0.4, -0.2) is 45.5 Å². The van der Waals surface area contributed by atoms with E-state index in [0.29, 0.717) is 42.1 Å². The highest BCUT2D eigenvalue weighted by Gasteiger charge is 2.32. The number of hydrogen-bond donors (Lipinski definition) is 0. The molecule has 0 aromatic heterocycles. The average Bonchev–Trinajstić information content (AvgIpc) is 2.89. The predicted octanol–water partition coefficient (Wildman–Crippen LogP) is 5.42. The topological polar surface area (TPSA) is 66.9 Å². The van der Waals surface area contributed by atoms with Crippen LogP contribution in [0, 0.1) is 5.92 Å². The quantitative estimate of drug-likeness (QED) is 0.373. The van der Waals surface area contributed by atoms with Crippen LogP contribution < -0.4 is 9.04 Å². The van der Waals surface area contributed by atoms with Gasteiger partial charge in [-0.3, -0.25) is 9.10 Å². The van der Waals surface area contributed by atoms with Crippen LogP contribution in [-0.2, 0) is 21.2 Å². The molecule has 36 heavy (non-hydrogen) atoms. The Balaban J connectivity index is 1.54. The van der Waals surface area contributed by atoms with Crippen LogP contribution in [0.4, 0.5) is 5.69 Å². The number of likely N-dealkylation sites (tertiary alicyclic amines) is 1. The molecule has 1 aliphatic rings. The fraction of sp³-hybridized carbons (Fsp3) is 0.321. The number of para-hydroxylation sites is 2. The molecule has 1 amide bonds. The number of ether oxygens (including phenoxy) is 1. The molecule has 0 radical (unpaired) electrons. The third kappa shape index (κ3) is 6.20. The first kappa shape index (κ1) is 26.0. The molecule has 0 unspecified atom stereocenters. The maximum absolute atomic E-state index is 13.7. The van der Waals surface area contributed by atoms with Crippen molar-refractivity contribution in [2.24, 2.45) is 5.92 Å². The minimum atomic E-state index is -4.05. The van der Waals surface area contributed by atoms with Crippen LogP contribution in [0.15, 0.2) is 83.8 Å². The van der Waals surface area contributed by atoms with Crippen molar-refractivity contribution in [2.45, 2.75) is 31.1 Å². The number of amides is 1. The van der Waals surface area contributed by atoms with Crippen molar-refractivity contribution in [1.29, 1.82) is 0 Å². The zero-order valence-electron chi connectivity index (χ0n) is 20.3. The van der Waals surface area contributed by atoms with Crippen molar-refractivity contribution in [3.63, 3.8) is 0 Å². The van der Waals surface area contributed by atoms with E-state index in [1.165, 1.54) is 29.8 Å². The van der Waals surface area contributed by atoms with E-state index in [1.54, 1.807) is 29.2 Å². The summed E-state index contributed by atoms with van der Waals surface area (Å²) < 4.78 is 34.3. The molecule has 4 rings (SSSR count). The van der Waals surface area contributed by atoms with E-state index in [1.807, 2.05) is 25.1 Å². The molecule has 0 aliphatic carbocycles. The van der Waals surface area contributed by atoms with Crippen molar-refractivity contribution in [3.05, 3.63) is 89.4 Å². The number of halogens is 1. The molecule has 6 nitrogen and oxygen atoms in total. The Labute approximate surface area is 218 Å². The average molecular weight is 527 g/mol. The molecule has 190 valence electrons. The standard InChI is InChI=1S/C28H31ClN2O4S/c1-2-35-27-11-7-6-10-26(27)31(36(33,34)25-14-12-24(29)13-15-25)21-28(32)30-18-16-23(17-19-30)20-22-8-4-3-5-9-22/h3-15,23H,2,16-21H2,1H3. The molecule has 0 bridgehead atoms. The SMILES string of the molecule is CCOc1ccccc1N(CC(=O)N1CCC(Cc2ccccc2)CC1)S(=O)(=O)c1ccc(Cl)cc1. The van der Waals surface area contributed by atoms with Gasteiger partial charge in [0, 0.05) is 18.1 Å². The Hall–Kier alpha value is -3.03. The van der Waals surface area contributed by atoms with E-state index in [4.69, 9.17) is 16.3 Å². The number of hydrogen-bond acceptors (Lipinski definition) is 4. The van der Waals surface area contributed by atoms with E-state index in [-0.39, 0.29) is 17.3 Å². The molecule has 0 N–H and O–H groups in total. The van der Waals surface area contributed by atoms with Gasteiger partial charge in [-0.2, -0.15) is 0 Å². The number of benzene rings is 3. The van der Waals surface area contributed by atoms with Crippen LogP contribution in [0.1, 0.15) is 25.3 Å². The van der Waals surface area contributed by atoms with Gasteiger partial charge in [0.15, 0.2) is 0 Å². The monoisotopic (exact) mass is 526 g/mol. The molecule has 1 fully saturated rings. The van der Waals surface area contributed by atoms with Gasteiger partial charge in [-0.1, -0.05) is 54.1 Å². The second-order valence-electron chi connectivity index (χ2n) is 8.88. The van der Waals surface area contributed by atoms with Gasteiger partial charge in [0.25, 0.3) is 10.0 Å². The van der Waals surface area contributed by atoms with Gasteiger partial charge in [0.05, 0.1) is 17.2 Å². The highest BCUT2D eigenvalue weighted by molar-refractivity contribution is 7.92. The minimum absolute atomic E-state index is 0.0626. The van der Waals surface area contributed by atoms with Gasteiger partial charge >= 0.3 is 0 Å². The summed E-state index contributed by atoms with van der Waals surface area (Å²) in [5.41, 5.74) is 1.64. The summed E-state index contributed by atoms with van der Waals surface area (Å²) in [5.74, 6) is 0.688. The van der Waals surface area contributed by atoms with Crippen LogP contribution in [0.3, 0.4) is 0 Å². The molecule has 0 atom stereocenters. The molecule has 1 aliphatic heterocycles. The minimum Gasteiger partial charge on any atom is -0.492 e. The second-order valence-corrected chi connectivity index (χ2v) is 11.2. The largest absolute Gasteiger partial charge is 0.492 e. The first-order valence-electron chi connectivity index (χ1n) is 12.2. The van der Waals surface area contributed by atoms with E-state index in [2.05, 4.69) is 12.1 Å². The fourth-order valence-electron chi connectivity index (χ4n) is 4.53. The molecule has 0 spiro atoms. The summed E-state index contributed by atoms with van der Waals surface area (Å²) in [6, 6.07) is 23.2.